The normalized spacial score (nSPS) is 4.88. The molecule has 0 bridgehead atoms. The molecule has 0 spiro atoms. The van der Waals surface area contributed by atoms with E-state index in [-0.39, 0.29) is 86.5 Å². The van der Waals surface area contributed by atoms with Gasteiger partial charge in [-0.05, 0) is 0 Å². The van der Waals surface area contributed by atoms with Crippen LogP contribution in [-0.2, 0) is 65.8 Å². The molecule has 0 amide bonds. The summed E-state index contributed by atoms with van der Waals surface area (Å²) in [6, 6.07) is 0. The van der Waals surface area contributed by atoms with Gasteiger partial charge in [-0.25, -0.2) is 0 Å². The molecule has 80 valence electrons. The molecule has 0 saturated heterocycles. The van der Waals surface area contributed by atoms with E-state index in [4.69, 9.17) is 32.1 Å². The van der Waals surface area contributed by atoms with Crippen molar-refractivity contribution in [3.63, 3.8) is 0 Å². The van der Waals surface area contributed by atoms with Crippen LogP contribution < -0.4 is 22.1 Å². The molecule has 0 N–H and O–H groups in total. The van der Waals surface area contributed by atoms with Crippen molar-refractivity contribution in [2.24, 2.45) is 0 Å². The Balaban J connectivity index is -0.00000000562. The first-order valence-corrected chi connectivity index (χ1v) is 7.57. The second-order valence-corrected chi connectivity index (χ2v) is 3.09. The molecule has 0 aliphatic heterocycles. The molecule has 0 fully saturated rings. The molecule has 0 atom stereocenters. The monoisotopic (exact) mass is 394 g/mol. The van der Waals surface area contributed by atoms with Crippen molar-refractivity contribution < 1.29 is 93.7 Å². The van der Waals surface area contributed by atoms with Crippen LogP contribution in [0.25, 0.3) is 0 Å². The minimum atomic E-state index is -4.08. The second kappa shape index (κ2) is 36.4. The van der Waals surface area contributed by atoms with Crippen LogP contribution in [0.4, 0.5) is 0 Å². The van der Waals surface area contributed by atoms with Crippen molar-refractivity contribution in [2.45, 2.75) is 0 Å². The zero-order chi connectivity index (χ0) is 10.7. The summed E-state index contributed by atoms with van der Waals surface area (Å²) in [4.78, 5) is 0. The Morgan fingerprint density at radius 3 is 0.562 bits per heavy atom. The van der Waals surface area contributed by atoms with Gasteiger partial charge in [0.25, 0.3) is 0 Å². The average molecular weight is 394 g/mol. The Morgan fingerprint density at radius 2 is 0.562 bits per heavy atom. The van der Waals surface area contributed by atoms with Gasteiger partial charge in [0.15, 0.2) is 0 Å². The molecule has 0 aromatic rings. The van der Waals surface area contributed by atoms with Crippen LogP contribution >= 0.6 is 0 Å². The van der Waals surface area contributed by atoms with Crippen LogP contribution in [0.1, 0.15) is 5.71 Å². The molecule has 0 radical (unpaired) electrons. The molecule has 0 aliphatic rings. The summed E-state index contributed by atoms with van der Waals surface area (Å²) >= 11 is -12.2. The van der Waals surface area contributed by atoms with Gasteiger partial charge < -0.3 is 5.71 Å². The fraction of sp³-hybridized carbons (Fsp3) is 0. The quantitative estimate of drug-likeness (QED) is 0.359. The van der Waals surface area contributed by atoms with E-state index in [0.29, 0.717) is 0 Å². The Bertz CT molecular complexity index is 139. The van der Waals surface area contributed by atoms with Gasteiger partial charge in [0.1, 0.15) is 0 Å². The fourth-order valence-electron chi connectivity index (χ4n) is 0. The van der Waals surface area contributed by atoms with Gasteiger partial charge in [-0.2, -0.15) is 0 Å². The predicted molar refractivity (Wildman–Crippen MR) is 29.5 cm³/mol. The maximum absolute atomic E-state index is 8.58. The third-order valence-electron chi connectivity index (χ3n) is 0. The standard InChI is InChI=1S/2Al.2Mg.9O.3Ti.4H/q2*+3;2*+2;;;;6*-1;;;;4*-1. The number of rotatable bonds is 0. The van der Waals surface area contributed by atoms with Crippen LogP contribution in [0.5, 0.6) is 0 Å². The van der Waals surface area contributed by atoms with Crippen LogP contribution in [-0.4, -0.2) is 80.8 Å². The van der Waals surface area contributed by atoms with E-state index in [2.05, 4.69) is 0 Å². The summed E-state index contributed by atoms with van der Waals surface area (Å²) in [5, 5.41) is 0. The van der Waals surface area contributed by atoms with Crippen molar-refractivity contribution in [3.8, 4) is 0 Å². The summed E-state index contributed by atoms with van der Waals surface area (Å²) < 4.78 is 77.2. The maximum atomic E-state index is 8.58. The number of hydrogen-bond donors (Lipinski definition) is 0. The Hall–Kier alpha value is 3.90. The molecular formula is H4Al2Mg2O9Ti3. The van der Waals surface area contributed by atoms with E-state index in [1.54, 1.807) is 0 Å². The van der Waals surface area contributed by atoms with E-state index < -0.39 is 55.8 Å². The summed E-state index contributed by atoms with van der Waals surface area (Å²) in [6.45, 7) is 0. The molecule has 0 heterocycles. The van der Waals surface area contributed by atoms with Crippen molar-refractivity contribution in [3.05, 3.63) is 0 Å². The van der Waals surface area contributed by atoms with Crippen LogP contribution in [0.2, 0.25) is 0 Å². The third kappa shape index (κ3) is 336. The zero-order valence-corrected chi connectivity index (χ0v) is 17.6. The molecule has 0 aromatic carbocycles. The van der Waals surface area contributed by atoms with E-state index in [0.717, 1.165) is 0 Å². The predicted octanol–water partition coefficient (Wildman–Crippen LogP) is -8.57. The van der Waals surface area contributed by atoms with Gasteiger partial charge >= 0.3 is 169 Å². The van der Waals surface area contributed by atoms with Crippen LogP contribution in [0.3, 0.4) is 0 Å². The Kier molecular flexibility index (Phi) is 97.2. The van der Waals surface area contributed by atoms with E-state index in [1.807, 2.05) is 0 Å². The molecular weight excluding hydrogens is 390 g/mol. The topological polar surface area (TPSA) is 190 Å². The van der Waals surface area contributed by atoms with Gasteiger partial charge in [-0.1, -0.05) is 0 Å². The summed E-state index contributed by atoms with van der Waals surface area (Å²) in [5.74, 6) is 0. The van der Waals surface area contributed by atoms with Gasteiger partial charge in [0.05, 0.1) is 0 Å². The Morgan fingerprint density at radius 1 is 0.562 bits per heavy atom. The average Bonchev–Trinajstić information content (AvgIpc) is 1.54. The zero-order valence-electron chi connectivity index (χ0n) is 11.7. The summed E-state index contributed by atoms with van der Waals surface area (Å²) in [5.41, 5.74) is 0. The molecule has 0 aliphatic carbocycles. The first kappa shape index (κ1) is 42.7. The van der Waals surface area contributed by atoms with Crippen molar-refractivity contribution in [1.82, 2.24) is 0 Å². The first-order valence-electron chi connectivity index (χ1n) is 1.84. The summed E-state index contributed by atoms with van der Waals surface area (Å²) in [7, 11) is 0. The van der Waals surface area contributed by atoms with Crippen molar-refractivity contribution >= 4 is 80.8 Å². The molecule has 16 heteroatoms. The van der Waals surface area contributed by atoms with Gasteiger partial charge in [-0.15, -0.1) is 0 Å². The molecule has 0 rings (SSSR count). The third-order valence-corrected chi connectivity index (χ3v) is 0. The minimum absolute atomic E-state index is 0. The van der Waals surface area contributed by atoms with E-state index in [9.17, 15) is 0 Å². The molecule has 16 heavy (non-hydrogen) atoms. The second-order valence-electron chi connectivity index (χ2n) is 0.750. The van der Waals surface area contributed by atoms with Crippen molar-refractivity contribution in [1.29, 1.82) is 0 Å². The van der Waals surface area contributed by atoms with Gasteiger partial charge in [-0.3, -0.25) is 0 Å². The molecule has 9 nitrogen and oxygen atoms in total. The van der Waals surface area contributed by atoms with Gasteiger partial charge in [0.2, 0.25) is 0 Å². The fourth-order valence-corrected chi connectivity index (χ4v) is 0. The van der Waals surface area contributed by atoms with E-state index in [1.165, 1.54) is 0 Å². The first-order chi connectivity index (χ1) is 5.20. The van der Waals surface area contributed by atoms with Crippen LogP contribution in [0, 0.1) is 0 Å². The Labute approximate surface area is 171 Å². The van der Waals surface area contributed by atoms with Crippen LogP contribution in [0.15, 0.2) is 0 Å². The van der Waals surface area contributed by atoms with E-state index >= 15 is 0 Å². The summed E-state index contributed by atoms with van der Waals surface area (Å²) in [6.07, 6.45) is 0. The van der Waals surface area contributed by atoms with Gasteiger partial charge in [0, 0.05) is 0 Å². The van der Waals surface area contributed by atoms with Crippen molar-refractivity contribution in [2.75, 3.05) is 0 Å². The molecule has 0 unspecified atom stereocenters. The SMILES string of the molecule is [Al+3].[Al+3].[H-].[H-].[H-].[H-].[Mg+2].[Mg+2].[O]=[Ti]([O-])[O-].[O]=[Ti]([O-])[O-].[O]=[Ti]([O-])[O-]. The molecule has 0 aromatic heterocycles. The molecule has 0 saturated carbocycles. The number of hydrogen-bond acceptors (Lipinski definition) is 9.